The third-order valence-electron chi connectivity index (χ3n) is 18.7. The maximum Gasteiger partial charge on any atom is 0.246 e. The van der Waals surface area contributed by atoms with E-state index in [1.807, 2.05) is 87.4 Å². The number of allylic oxidation sites excluding steroid dienone is 2. The number of nitrogens with zero attached hydrogens (tertiary/aromatic N) is 8. The standard InChI is InChI=1S/C75H130N14O14S2/c1-25-54(72(100)83(18)43-62(92)84(19)55(66(76)94)39-44(2)3)82-69(97)64(65(93)50(14)31-27-26-28-32-59(90)77-36-37-78-60(91)34-38-104-105-61-33-29-30-35-79-61)89(24)75(103)63(49(12)13)88(23)74(102)58(42-47(8)9)87(22)73(101)57(41-46(6)7)86(21)71(99)53(17)81-67(95)52(16)80-68(96)56(40-45(4)5)85(20)70(98)51(15)48(10)11/h26-27,29-30,33,35,44-58,63-65,93H,25,28,31-32,34,36-43H2,1-24H3,(H2,76,94)(H,77,90)(H,78,91)(H,80,96)(H,81,95)(H,82,97)/b27-26+/t50-,51+,52+,53-,54+,55+,56+,57+,58+,63+,64+,65-/m1/s1. The normalized spacial score (nSPS) is 15.1. The van der Waals surface area contributed by atoms with E-state index in [1.165, 1.54) is 102 Å². The second-order valence-corrected chi connectivity index (χ2v) is 32.7. The second-order valence-electron chi connectivity index (χ2n) is 30.3. The summed E-state index contributed by atoms with van der Waals surface area (Å²) in [6, 6.07) is -5.30. The highest BCUT2D eigenvalue weighted by atomic mass is 33.1. The molecule has 0 saturated carbocycles. The zero-order chi connectivity index (χ0) is 80.6. The van der Waals surface area contributed by atoms with Crippen LogP contribution < -0.4 is 32.3 Å². The highest BCUT2D eigenvalue weighted by Crippen LogP contribution is 2.30. The molecule has 13 amide bonds. The van der Waals surface area contributed by atoms with Crippen LogP contribution in [0.2, 0.25) is 0 Å². The van der Waals surface area contributed by atoms with Gasteiger partial charge in [-0.1, -0.05) is 133 Å². The Balaban J connectivity index is 3.65. The molecular formula is C75H130N14O14S2. The molecule has 1 heterocycles. The van der Waals surface area contributed by atoms with Crippen LogP contribution in [0.3, 0.4) is 0 Å². The number of amides is 13. The number of rotatable bonds is 47. The van der Waals surface area contributed by atoms with Crippen molar-refractivity contribution in [2.45, 2.75) is 241 Å². The average molecular weight is 1520 g/mol. The van der Waals surface area contributed by atoms with Gasteiger partial charge in [0.15, 0.2) is 0 Å². The number of hydrogen-bond donors (Lipinski definition) is 7. The largest absolute Gasteiger partial charge is 0.390 e. The molecule has 0 radical (unpaired) electrons. The Bertz CT molecular complexity index is 3030. The molecule has 0 aliphatic carbocycles. The molecule has 0 bridgehead atoms. The van der Waals surface area contributed by atoms with Gasteiger partial charge in [-0.05, 0) is 123 Å². The molecule has 12 atom stereocenters. The van der Waals surface area contributed by atoms with E-state index in [-0.39, 0.29) is 105 Å². The van der Waals surface area contributed by atoms with E-state index < -0.39 is 138 Å². The number of carbonyl (C=O) groups is 13. The lowest BCUT2D eigenvalue weighted by Crippen LogP contribution is -2.63. The maximum absolute atomic E-state index is 15.4. The summed E-state index contributed by atoms with van der Waals surface area (Å²) in [6.45, 7) is 30.2. The van der Waals surface area contributed by atoms with Gasteiger partial charge in [-0.3, -0.25) is 62.3 Å². The van der Waals surface area contributed by atoms with Gasteiger partial charge in [0.1, 0.15) is 59.4 Å². The zero-order valence-corrected chi connectivity index (χ0v) is 68.9. The first-order chi connectivity index (χ1) is 48.9. The number of aliphatic hydroxyl groups is 1. The molecule has 1 aromatic rings. The molecule has 0 spiro atoms. The topological polar surface area (TPSA) is 364 Å². The fourth-order valence-corrected chi connectivity index (χ4v) is 13.7. The highest BCUT2D eigenvalue weighted by molar-refractivity contribution is 8.76. The molecule has 0 aliphatic heterocycles. The van der Waals surface area contributed by atoms with Crippen LogP contribution in [0.1, 0.15) is 175 Å². The van der Waals surface area contributed by atoms with E-state index in [0.717, 1.165) is 14.8 Å². The van der Waals surface area contributed by atoms with E-state index in [0.29, 0.717) is 25.0 Å². The van der Waals surface area contributed by atoms with Gasteiger partial charge in [0.05, 0.1) is 12.6 Å². The third-order valence-corrected chi connectivity index (χ3v) is 21.0. The van der Waals surface area contributed by atoms with Crippen molar-refractivity contribution in [1.82, 2.24) is 65.9 Å². The van der Waals surface area contributed by atoms with Crippen molar-refractivity contribution in [1.29, 1.82) is 0 Å². The Morgan fingerprint density at radius 1 is 0.514 bits per heavy atom. The van der Waals surface area contributed by atoms with Crippen LogP contribution in [0.15, 0.2) is 41.6 Å². The van der Waals surface area contributed by atoms with Crippen molar-refractivity contribution in [3.63, 3.8) is 0 Å². The van der Waals surface area contributed by atoms with Gasteiger partial charge in [-0.15, -0.1) is 0 Å². The summed E-state index contributed by atoms with van der Waals surface area (Å²) in [5, 5.41) is 27.0. The summed E-state index contributed by atoms with van der Waals surface area (Å²) >= 11 is 0. The predicted molar refractivity (Wildman–Crippen MR) is 412 cm³/mol. The predicted octanol–water partition coefficient (Wildman–Crippen LogP) is 5.11. The molecule has 0 fully saturated rings. The van der Waals surface area contributed by atoms with Gasteiger partial charge < -0.3 is 71.7 Å². The van der Waals surface area contributed by atoms with E-state index in [1.54, 1.807) is 60.0 Å². The molecule has 1 rings (SSSR count). The zero-order valence-electron chi connectivity index (χ0n) is 67.3. The Labute approximate surface area is 633 Å². The SMILES string of the molecule is CC[C@H](NC(=O)[C@H]([C@H](O)[C@H](C)C/C=C/CCC(=O)NCCNC(=O)CCSSc1ccccn1)N(C)C(=O)[C@H](C(C)C)N(C)C(=O)[C@H](CC(C)C)N(C)C(=O)[C@H](CC(C)C)N(C)C(=O)[C@@H](C)NC(=O)[C@H](C)NC(=O)[C@H](CC(C)C)N(C)C(=O)[C@@H](C)C(C)C)C(=O)N(C)CC(=O)N(C)[C@@H](CC(C)C)C(N)=O. The van der Waals surface area contributed by atoms with E-state index >= 15 is 19.2 Å². The summed E-state index contributed by atoms with van der Waals surface area (Å²) in [7, 11) is 12.9. The summed E-state index contributed by atoms with van der Waals surface area (Å²) in [6.07, 6.45) is 5.22. The fraction of sp³-hybridized carbons (Fsp3) is 0.733. The van der Waals surface area contributed by atoms with E-state index in [4.69, 9.17) is 5.73 Å². The summed E-state index contributed by atoms with van der Waals surface area (Å²) < 4.78 is 0. The number of primary amides is 1. The Hall–Kier alpha value is -7.34. The van der Waals surface area contributed by atoms with Crippen LogP contribution in [0, 0.1) is 47.3 Å². The molecule has 1 aromatic heterocycles. The number of pyridine rings is 1. The Morgan fingerprint density at radius 3 is 1.50 bits per heavy atom. The highest BCUT2D eigenvalue weighted by Gasteiger charge is 2.45. The summed E-state index contributed by atoms with van der Waals surface area (Å²) in [4.78, 5) is 194. The first-order valence-electron chi connectivity index (χ1n) is 37.0. The molecular weight excluding hydrogens is 1390 g/mol. The molecule has 0 saturated heterocycles. The van der Waals surface area contributed by atoms with Crippen LogP contribution >= 0.6 is 21.6 Å². The molecule has 0 aromatic carbocycles. The van der Waals surface area contributed by atoms with E-state index in [9.17, 15) is 48.3 Å². The number of carbonyl (C=O) groups excluding carboxylic acids is 13. The van der Waals surface area contributed by atoms with Gasteiger partial charge in [0, 0.05) is 93.1 Å². The first-order valence-corrected chi connectivity index (χ1v) is 39.3. The van der Waals surface area contributed by atoms with Gasteiger partial charge in [0.2, 0.25) is 76.8 Å². The lowest BCUT2D eigenvalue weighted by molar-refractivity contribution is -0.157. The monoisotopic (exact) mass is 1510 g/mol. The number of aromatic nitrogens is 1. The van der Waals surface area contributed by atoms with Crippen molar-refractivity contribution in [3.05, 3.63) is 36.5 Å². The molecule has 105 heavy (non-hydrogen) atoms. The first kappa shape index (κ1) is 95.7. The Kier molecular flexibility index (Phi) is 43.2. The smallest absolute Gasteiger partial charge is 0.246 e. The van der Waals surface area contributed by atoms with Crippen LogP contribution in [-0.4, -0.2) is 256 Å². The second kappa shape index (κ2) is 47.4. The molecule has 8 N–H and O–H groups in total. The molecule has 596 valence electrons. The average Bonchev–Trinajstić information content (AvgIpc) is 0.801. The van der Waals surface area contributed by atoms with Gasteiger partial charge >= 0.3 is 0 Å². The van der Waals surface area contributed by atoms with Gasteiger partial charge in [0.25, 0.3) is 0 Å². The number of nitrogens with two attached hydrogens (primary N) is 1. The van der Waals surface area contributed by atoms with Crippen LogP contribution in [0.5, 0.6) is 0 Å². The fourth-order valence-electron chi connectivity index (χ4n) is 11.8. The lowest BCUT2D eigenvalue weighted by Gasteiger charge is -2.41. The van der Waals surface area contributed by atoms with Crippen molar-refractivity contribution >= 4 is 98.4 Å². The lowest BCUT2D eigenvalue weighted by atomic mass is 9.91. The summed E-state index contributed by atoms with van der Waals surface area (Å²) in [5.41, 5.74) is 5.67. The Morgan fingerprint density at radius 2 is 1.00 bits per heavy atom. The van der Waals surface area contributed by atoms with Gasteiger partial charge in [-0.25, -0.2) is 4.98 Å². The minimum atomic E-state index is -1.72. The van der Waals surface area contributed by atoms with Crippen molar-refractivity contribution in [2.75, 3.05) is 74.7 Å². The van der Waals surface area contributed by atoms with Crippen LogP contribution in [-0.2, 0) is 62.3 Å². The van der Waals surface area contributed by atoms with Crippen molar-refractivity contribution < 1.29 is 67.4 Å². The minimum absolute atomic E-state index is 0.00192. The van der Waals surface area contributed by atoms with E-state index in [2.05, 4.69) is 31.6 Å². The molecule has 30 heteroatoms. The minimum Gasteiger partial charge on any atom is -0.390 e. The number of likely N-dealkylation sites (N-methyl/N-ethyl adjacent to an activating group) is 7. The van der Waals surface area contributed by atoms with Crippen molar-refractivity contribution in [3.8, 4) is 0 Å². The number of aliphatic hydroxyl groups excluding tert-OH is 1. The van der Waals surface area contributed by atoms with Crippen molar-refractivity contribution in [2.24, 2.45) is 53.1 Å². The quantitative estimate of drug-likeness (QED) is 0.0253. The van der Waals surface area contributed by atoms with Crippen LogP contribution in [0.4, 0.5) is 0 Å². The third kappa shape index (κ3) is 31.9. The molecule has 28 nitrogen and oxygen atoms in total. The number of hydrogen-bond acceptors (Lipinski definition) is 17. The maximum atomic E-state index is 15.4. The molecule has 0 unspecified atom stereocenters. The summed E-state index contributed by atoms with van der Waals surface area (Å²) in [5.74, 6) is -9.01. The van der Waals surface area contributed by atoms with Crippen LogP contribution in [0.25, 0.3) is 0 Å². The van der Waals surface area contributed by atoms with Gasteiger partial charge in [-0.2, -0.15) is 0 Å². The number of nitrogens with one attached hydrogen (secondary N) is 5. The molecule has 0 aliphatic rings.